The van der Waals surface area contributed by atoms with E-state index in [-0.39, 0.29) is 6.04 Å². The number of rotatable bonds is 4. The molecule has 0 aliphatic rings. The molecule has 0 fully saturated rings. The van der Waals surface area contributed by atoms with Crippen LogP contribution in [0, 0.1) is 13.8 Å². The van der Waals surface area contributed by atoms with Crippen LogP contribution in [-0.4, -0.2) is 7.05 Å². The molecule has 0 radical (unpaired) electrons. The minimum absolute atomic E-state index is 0.220. The van der Waals surface area contributed by atoms with Gasteiger partial charge in [-0.3, -0.25) is 0 Å². The fourth-order valence-corrected chi connectivity index (χ4v) is 2.37. The van der Waals surface area contributed by atoms with E-state index in [1.807, 2.05) is 37.4 Å². The van der Waals surface area contributed by atoms with Crippen LogP contribution in [0.25, 0.3) is 0 Å². The normalized spacial score (nSPS) is 12.2. The highest BCUT2D eigenvalue weighted by Crippen LogP contribution is 2.31. The Balaban J connectivity index is 2.27. The predicted molar refractivity (Wildman–Crippen MR) is 84.9 cm³/mol. The Kier molecular flexibility index (Phi) is 4.69. The third kappa shape index (κ3) is 3.14. The number of hydrogen-bond acceptors (Lipinski definition) is 2. The third-order valence-electron chi connectivity index (χ3n) is 3.65. The van der Waals surface area contributed by atoms with E-state index in [9.17, 15) is 0 Å². The van der Waals surface area contributed by atoms with Crippen molar-refractivity contribution >= 4 is 11.6 Å². The maximum Gasteiger partial charge on any atom is 0.130 e. The molecule has 0 aliphatic heterocycles. The van der Waals surface area contributed by atoms with Crippen molar-refractivity contribution in [2.24, 2.45) is 0 Å². The van der Waals surface area contributed by atoms with Crippen molar-refractivity contribution in [2.75, 3.05) is 7.05 Å². The van der Waals surface area contributed by atoms with E-state index in [1.54, 1.807) is 0 Å². The highest BCUT2D eigenvalue weighted by Gasteiger charge is 2.10. The molecule has 0 aromatic heterocycles. The summed E-state index contributed by atoms with van der Waals surface area (Å²) in [6, 6.07) is 12.1. The van der Waals surface area contributed by atoms with Crippen molar-refractivity contribution in [2.45, 2.75) is 26.8 Å². The topological polar surface area (TPSA) is 21.3 Å². The fourth-order valence-electron chi connectivity index (χ4n) is 2.04. The first-order valence-corrected chi connectivity index (χ1v) is 7.11. The highest BCUT2D eigenvalue weighted by molar-refractivity contribution is 6.31. The molecule has 0 aliphatic carbocycles. The summed E-state index contributed by atoms with van der Waals surface area (Å²) in [4.78, 5) is 0. The molecule has 0 saturated heterocycles. The number of hydrogen-bond donors (Lipinski definition) is 1. The van der Waals surface area contributed by atoms with Crippen LogP contribution in [0.2, 0.25) is 5.02 Å². The molecular weight excluding hydrogens is 270 g/mol. The first kappa shape index (κ1) is 14.9. The van der Waals surface area contributed by atoms with Crippen LogP contribution in [0.5, 0.6) is 11.5 Å². The lowest BCUT2D eigenvalue weighted by atomic mass is 10.1. The largest absolute Gasteiger partial charge is 0.457 e. The van der Waals surface area contributed by atoms with Gasteiger partial charge in [0.05, 0.1) is 0 Å². The zero-order chi connectivity index (χ0) is 14.7. The van der Waals surface area contributed by atoms with Gasteiger partial charge in [0.2, 0.25) is 0 Å². The maximum atomic E-state index is 6.32. The number of ether oxygens (including phenoxy) is 1. The Bertz CT molecular complexity index is 610. The second kappa shape index (κ2) is 6.29. The van der Waals surface area contributed by atoms with Gasteiger partial charge in [0.15, 0.2) is 0 Å². The zero-order valence-electron chi connectivity index (χ0n) is 12.3. The molecule has 3 heteroatoms. The quantitative estimate of drug-likeness (QED) is 0.852. The number of aryl methyl sites for hydroxylation is 1. The van der Waals surface area contributed by atoms with E-state index < -0.39 is 0 Å². The monoisotopic (exact) mass is 289 g/mol. The molecule has 0 amide bonds. The summed E-state index contributed by atoms with van der Waals surface area (Å²) >= 11 is 6.32. The van der Waals surface area contributed by atoms with Gasteiger partial charge in [-0.25, -0.2) is 0 Å². The van der Waals surface area contributed by atoms with Gasteiger partial charge in [0.1, 0.15) is 11.5 Å². The fraction of sp³-hybridized carbons (Fsp3) is 0.294. The molecule has 2 rings (SSSR count). The van der Waals surface area contributed by atoms with Gasteiger partial charge in [0.25, 0.3) is 0 Å². The molecule has 0 bridgehead atoms. The number of nitrogens with one attached hydrogen (secondary N) is 1. The van der Waals surface area contributed by atoms with Crippen LogP contribution in [0.1, 0.15) is 29.7 Å². The molecule has 106 valence electrons. The van der Waals surface area contributed by atoms with Crippen LogP contribution in [0.15, 0.2) is 36.4 Å². The Labute approximate surface area is 125 Å². The summed E-state index contributed by atoms with van der Waals surface area (Å²) in [5.74, 6) is 1.63. The lowest BCUT2D eigenvalue weighted by Gasteiger charge is -2.15. The number of benzene rings is 2. The molecule has 0 spiro atoms. The molecule has 2 aromatic rings. The molecule has 0 saturated carbocycles. The summed E-state index contributed by atoms with van der Waals surface area (Å²) in [5.41, 5.74) is 3.44. The van der Waals surface area contributed by atoms with Crippen molar-refractivity contribution < 1.29 is 4.74 Å². The molecule has 1 unspecified atom stereocenters. The average Bonchev–Trinajstić information content (AvgIpc) is 2.43. The second-order valence-electron chi connectivity index (χ2n) is 4.99. The third-order valence-corrected chi connectivity index (χ3v) is 3.98. The molecule has 2 nitrogen and oxygen atoms in total. The molecule has 2 aromatic carbocycles. The molecule has 1 atom stereocenters. The minimum Gasteiger partial charge on any atom is -0.457 e. The highest BCUT2D eigenvalue weighted by atomic mass is 35.5. The summed E-state index contributed by atoms with van der Waals surface area (Å²) in [7, 11) is 1.92. The lowest BCUT2D eigenvalue weighted by molar-refractivity contribution is 0.478. The minimum atomic E-state index is 0.220. The molecule has 20 heavy (non-hydrogen) atoms. The Morgan fingerprint density at radius 3 is 2.55 bits per heavy atom. The predicted octanol–water partition coefficient (Wildman–Crippen LogP) is 5.03. The van der Waals surface area contributed by atoms with Crippen LogP contribution >= 0.6 is 11.6 Å². The first-order chi connectivity index (χ1) is 9.52. The summed E-state index contributed by atoms with van der Waals surface area (Å²) in [6.07, 6.45) is 0. The molecule has 0 heterocycles. The van der Waals surface area contributed by atoms with Gasteiger partial charge in [0, 0.05) is 11.1 Å². The van der Waals surface area contributed by atoms with E-state index in [0.29, 0.717) is 0 Å². The summed E-state index contributed by atoms with van der Waals surface area (Å²) in [6.45, 7) is 6.21. The summed E-state index contributed by atoms with van der Waals surface area (Å²) < 4.78 is 5.93. The van der Waals surface area contributed by atoms with Crippen molar-refractivity contribution in [3.05, 3.63) is 58.1 Å². The standard InChI is InChI=1S/C17H20ClNO/c1-11-6-5-7-17(12(11)2)20-14-8-9-15(13(3)19-4)16(18)10-14/h5-10,13,19H,1-4H3. The van der Waals surface area contributed by atoms with E-state index >= 15 is 0 Å². The molecular formula is C17H20ClNO. The van der Waals surface area contributed by atoms with Crippen LogP contribution in [-0.2, 0) is 0 Å². The van der Waals surface area contributed by atoms with Crippen molar-refractivity contribution in [1.29, 1.82) is 0 Å². The van der Waals surface area contributed by atoms with Gasteiger partial charge in [-0.15, -0.1) is 0 Å². The van der Waals surface area contributed by atoms with Gasteiger partial charge in [-0.05, 0) is 62.7 Å². The van der Waals surface area contributed by atoms with Crippen LogP contribution in [0.4, 0.5) is 0 Å². The van der Waals surface area contributed by atoms with Crippen LogP contribution < -0.4 is 10.1 Å². The second-order valence-corrected chi connectivity index (χ2v) is 5.40. The van der Waals surface area contributed by atoms with Gasteiger partial charge in [-0.2, -0.15) is 0 Å². The lowest BCUT2D eigenvalue weighted by Crippen LogP contribution is -2.12. The van der Waals surface area contributed by atoms with E-state index in [1.165, 1.54) is 5.56 Å². The van der Waals surface area contributed by atoms with Gasteiger partial charge in [-0.1, -0.05) is 29.8 Å². The number of halogens is 1. The average molecular weight is 290 g/mol. The van der Waals surface area contributed by atoms with Crippen molar-refractivity contribution in [1.82, 2.24) is 5.32 Å². The van der Waals surface area contributed by atoms with Gasteiger partial charge < -0.3 is 10.1 Å². The van der Waals surface area contributed by atoms with Crippen molar-refractivity contribution in [3.8, 4) is 11.5 Å². The Morgan fingerprint density at radius 1 is 1.15 bits per heavy atom. The van der Waals surface area contributed by atoms with Crippen molar-refractivity contribution in [3.63, 3.8) is 0 Å². The maximum absolute atomic E-state index is 6.32. The first-order valence-electron chi connectivity index (χ1n) is 6.73. The zero-order valence-corrected chi connectivity index (χ0v) is 13.1. The SMILES string of the molecule is CNC(C)c1ccc(Oc2cccc(C)c2C)cc1Cl. The van der Waals surface area contributed by atoms with Crippen LogP contribution in [0.3, 0.4) is 0 Å². The molecule has 1 N–H and O–H groups in total. The smallest absolute Gasteiger partial charge is 0.130 e. The summed E-state index contributed by atoms with van der Waals surface area (Å²) in [5, 5.41) is 3.90. The van der Waals surface area contributed by atoms with E-state index in [2.05, 4.69) is 32.2 Å². The van der Waals surface area contributed by atoms with Gasteiger partial charge >= 0.3 is 0 Å². The Hall–Kier alpha value is -1.51. The van der Waals surface area contributed by atoms with E-state index in [4.69, 9.17) is 16.3 Å². The van der Waals surface area contributed by atoms with E-state index in [0.717, 1.165) is 27.6 Å². The Morgan fingerprint density at radius 2 is 1.90 bits per heavy atom.